The summed E-state index contributed by atoms with van der Waals surface area (Å²) in [5.74, 6) is 0.0496. The van der Waals surface area contributed by atoms with Gasteiger partial charge in [0.25, 0.3) is 5.56 Å². The molecule has 4 nitrogen and oxygen atoms in total. The van der Waals surface area contributed by atoms with Crippen LogP contribution in [0.1, 0.15) is 12.5 Å². The second kappa shape index (κ2) is 4.25. The number of nitrogens with one attached hydrogen (secondary N) is 2. The molecule has 0 bridgehead atoms. The molecular weight excluding hydrogens is 216 g/mol. The number of rotatable bonds is 2. The average molecular weight is 228 g/mol. The predicted molar refractivity (Wildman–Crippen MR) is 66.7 cm³/mol. The van der Waals surface area contributed by atoms with E-state index < -0.39 is 0 Å². The Morgan fingerprint density at radius 2 is 2.12 bits per heavy atom. The van der Waals surface area contributed by atoms with Crippen LogP contribution in [-0.2, 0) is 0 Å². The monoisotopic (exact) mass is 228 g/mol. The number of hydrogen-bond acceptors (Lipinski definition) is 3. The lowest BCUT2D eigenvalue weighted by Gasteiger charge is -2.06. The summed E-state index contributed by atoms with van der Waals surface area (Å²) in [6, 6.07) is 8.23. The third-order valence-corrected chi connectivity index (χ3v) is 2.53. The van der Waals surface area contributed by atoms with Crippen LogP contribution in [-0.4, -0.2) is 15.8 Å². The van der Waals surface area contributed by atoms with Gasteiger partial charge in [-0.05, 0) is 36.8 Å². The van der Waals surface area contributed by atoms with Gasteiger partial charge in [-0.3, -0.25) is 4.79 Å². The highest BCUT2D eigenvalue weighted by atomic mass is 16.3. The average Bonchev–Trinajstić information content (AvgIpc) is 2.30. The van der Waals surface area contributed by atoms with Crippen molar-refractivity contribution in [1.29, 1.82) is 5.41 Å². The van der Waals surface area contributed by atoms with Crippen LogP contribution in [0.15, 0.2) is 41.3 Å². The van der Waals surface area contributed by atoms with Crippen LogP contribution in [0.5, 0.6) is 5.75 Å². The normalized spacial score (nSPS) is 10.2. The van der Waals surface area contributed by atoms with E-state index in [1.54, 1.807) is 37.4 Å². The van der Waals surface area contributed by atoms with Gasteiger partial charge >= 0.3 is 0 Å². The summed E-state index contributed by atoms with van der Waals surface area (Å²) >= 11 is 0. The van der Waals surface area contributed by atoms with Crippen molar-refractivity contribution in [3.8, 4) is 16.9 Å². The van der Waals surface area contributed by atoms with Crippen molar-refractivity contribution in [2.24, 2.45) is 0 Å². The second-order valence-corrected chi connectivity index (χ2v) is 3.77. The Kier molecular flexibility index (Phi) is 2.78. The Morgan fingerprint density at radius 1 is 1.35 bits per heavy atom. The fraction of sp³-hybridized carbons (Fsp3) is 0.0769. The summed E-state index contributed by atoms with van der Waals surface area (Å²) in [5, 5.41) is 17.1. The van der Waals surface area contributed by atoms with Crippen LogP contribution >= 0.6 is 0 Å². The van der Waals surface area contributed by atoms with Crippen LogP contribution in [0.3, 0.4) is 0 Å². The molecule has 2 aromatic rings. The highest BCUT2D eigenvalue weighted by Crippen LogP contribution is 2.24. The van der Waals surface area contributed by atoms with Gasteiger partial charge in [0.05, 0.1) is 0 Å². The first-order chi connectivity index (χ1) is 8.09. The third kappa shape index (κ3) is 2.10. The first-order valence-electron chi connectivity index (χ1n) is 5.16. The first kappa shape index (κ1) is 11.1. The third-order valence-electron chi connectivity index (χ3n) is 2.53. The van der Waals surface area contributed by atoms with Gasteiger partial charge in [-0.25, -0.2) is 0 Å². The summed E-state index contributed by atoms with van der Waals surface area (Å²) in [5.41, 5.74) is 1.72. The molecule has 0 atom stereocenters. The zero-order chi connectivity index (χ0) is 12.4. The molecule has 0 saturated heterocycles. The summed E-state index contributed by atoms with van der Waals surface area (Å²) in [4.78, 5) is 14.2. The largest absolute Gasteiger partial charge is 0.507 e. The molecule has 1 aromatic carbocycles. The number of aromatic nitrogens is 1. The number of hydrogen-bond donors (Lipinski definition) is 3. The van der Waals surface area contributed by atoms with Crippen molar-refractivity contribution in [1.82, 2.24) is 4.98 Å². The molecule has 0 saturated carbocycles. The SMILES string of the molecule is CC(=N)c1cc(-c2ccc[nH]c2=O)ccc1O. The van der Waals surface area contributed by atoms with Gasteiger partial charge in [0.2, 0.25) is 0 Å². The van der Waals surface area contributed by atoms with Crippen molar-refractivity contribution in [3.05, 3.63) is 52.4 Å². The highest BCUT2D eigenvalue weighted by Gasteiger charge is 2.08. The number of aromatic amines is 1. The molecule has 86 valence electrons. The van der Waals surface area contributed by atoms with E-state index in [1.165, 1.54) is 6.07 Å². The van der Waals surface area contributed by atoms with Gasteiger partial charge in [-0.15, -0.1) is 0 Å². The van der Waals surface area contributed by atoms with E-state index in [-0.39, 0.29) is 17.0 Å². The molecule has 0 amide bonds. The summed E-state index contributed by atoms with van der Waals surface area (Å²) < 4.78 is 0. The van der Waals surface area contributed by atoms with E-state index in [4.69, 9.17) is 5.41 Å². The second-order valence-electron chi connectivity index (χ2n) is 3.77. The molecule has 0 fully saturated rings. The fourth-order valence-electron chi connectivity index (χ4n) is 1.65. The Hall–Kier alpha value is -2.36. The molecule has 17 heavy (non-hydrogen) atoms. The van der Waals surface area contributed by atoms with Crippen molar-refractivity contribution in [3.63, 3.8) is 0 Å². The number of phenolic OH excluding ortho intramolecular Hbond substituents is 1. The van der Waals surface area contributed by atoms with Crippen LogP contribution in [0.4, 0.5) is 0 Å². The minimum absolute atomic E-state index is 0.0496. The smallest absolute Gasteiger partial charge is 0.255 e. The van der Waals surface area contributed by atoms with Gasteiger partial charge in [-0.2, -0.15) is 0 Å². The number of benzene rings is 1. The lowest BCUT2D eigenvalue weighted by Crippen LogP contribution is -2.07. The molecular formula is C13H12N2O2. The van der Waals surface area contributed by atoms with Crippen LogP contribution in [0, 0.1) is 5.41 Å². The number of phenols is 1. The maximum absolute atomic E-state index is 11.6. The van der Waals surface area contributed by atoms with Gasteiger partial charge in [0, 0.05) is 23.0 Å². The topological polar surface area (TPSA) is 76.9 Å². The van der Waals surface area contributed by atoms with E-state index >= 15 is 0 Å². The van der Waals surface area contributed by atoms with E-state index in [1.807, 2.05) is 0 Å². The Labute approximate surface area is 98.1 Å². The van der Waals surface area contributed by atoms with E-state index in [0.717, 1.165) is 0 Å². The van der Waals surface area contributed by atoms with Gasteiger partial charge in [-0.1, -0.05) is 6.07 Å². The lowest BCUT2D eigenvalue weighted by molar-refractivity contribution is 0.474. The zero-order valence-electron chi connectivity index (χ0n) is 9.32. The van der Waals surface area contributed by atoms with Gasteiger partial charge in [0.15, 0.2) is 0 Å². The zero-order valence-corrected chi connectivity index (χ0v) is 9.32. The van der Waals surface area contributed by atoms with Crippen LogP contribution in [0.2, 0.25) is 0 Å². The summed E-state index contributed by atoms with van der Waals surface area (Å²) in [6.07, 6.45) is 1.56. The fourth-order valence-corrected chi connectivity index (χ4v) is 1.65. The summed E-state index contributed by atoms with van der Waals surface area (Å²) in [7, 11) is 0. The Bertz CT molecular complexity index is 629. The van der Waals surface area contributed by atoms with Gasteiger partial charge in [0.1, 0.15) is 5.75 Å². The lowest BCUT2D eigenvalue weighted by atomic mass is 10.0. The quantitative estimate of drug-likeness (QED) is 0.688. The molecule has 1 heterocycles. The number of H-pyrrole nitrogens is 1. The number of pyridine rings is 1. The predicted octanol–water partition coefficient (Wildman–Crippen LogP) is 2.14. The molecule has 0 aliphatic carbocycles. The highest BCUT2D eigenvalue weighted by molar-refractivity contribution is 5.99. The molecule has 3 N–H and O–H groups in total. The van der Waals surface area contributed by atoms with Crippen LogP contribution in [0.25, 0.3) is 11.1 Å². The number of aromatic hydroxyl groups is 1. The maximum Gasteiger partial charge on any atom is 0.255 e. The molecule has 4 heteroatoms. The van der Waals surface area contributed by atoms with E-state index in [9.17, 15) is 9.90 Å². The van der Waals surface area contributed by atoms with E-state index in [2.05, 4.69) is 4.98 Å². The minimum atomic E-state index is -0.188. The maximum atomic E-state index is 11.6. The first-order valence-corrected chi connectivity index (χ1v) is 5.16. The molecule has 0 spiro atoms. The van der Waals surface area contributed by atoms with Gasteiger partial charge < -0.3 is 15.5 Å². The minimum Gasteiger partial charge on any atom is -0.507 e. The summed E-state index contributed by atoms with van der Waals surface area (Å²) in [6.45, 7) is 1.59. The molecule has 0 aliphatic rings. The molecule has 2 rings (SSSR count). The molecule has 0 unspecified atom stereocenters. The van der Waals surface area contributed by atoms with Crippen molar-refractivity contribution < 1.29 is 5.11 Å². The van der Waals surface area contributed by atoms with E-state index in [0.29, 0.717) is 16.7 Å². The van der Waals surface area contributed by atoms with Crippen molar-refractivity contribution in [2.75, 3.05) is 0 Å². The van der Waals surface area contributed by atoms with Crippen molar-refractivity contribution in [2.45, 2.75) is 6.92 Å². The standard InChI is InChI=1S/C13H12N2O2/c1-8(14)11-7-9(4-5-12(11)16)10-3-2-6-15-13(10)17/h2-7,14,16H,1H3,(H,15,17). The molecule has 0 aliphatic heterocycles. The van der Waals surface area contributed by atoms with Crippen LogP contribution < -0.4 is 5.56 Å². The molecule has 1 aromatic heterocycles. The Morgan fingerprint density at radius 3 is 2.76 bits per heavy atom. The Balaban J connectivity index is 2.62. The van der Waals surface area contributed by atoms with Crippen molar-refractivity contribution >= 4 is 5.71 Å². The molecule has 0 radical (unpaired) electrons.